The van der Waals surface area contributed by atoms with Gasteiger partial charge in [-0.2, -0.15) is 0 Å². The van der Waals surface area contributed by atoms with E-state index in [1.807, 2.05) is 13.8 Å². The molecule has 10 atom stereocenters. The molecule has 0 fully saturated rings. The standard InChI is InChI=1S/C82H138N12O28/c1-18-61(19-53(2)3)83-71(102)27-91(28-72(103)84-62(35-95)20-54(4)5)79(110)46-117-49-115-44-69(120-50-118-47-80(111)92(29-73(104)85-63(36-96)21-55(6)7)30-74(105)86-64(37-97)22-56(8)9)42-114-43-70(45-116-52-122-82(113)94(33-77(108)89-67(40-100)25-59(14)15)34-78(109)90-68(41-101)26-60(16)17)121-51-119-48-81(112)93(31-75(106)87-65(38-98)23-57(10)11)32-76(107)88-66(39-99)24-58(12)13/h18,35-41,53-70H,1,19-34,42-52H2,2-17H3,(H,83,102)(H,84,103)(H,85,104)(H,86,105)(H,87,106)(H,88,107)(H,89,108)(H,90,109)/i18D,35D,36D,37D,38D,39D,40D,41D. The van der Waals surface area contributed by atoms with Crippen LogP contribution in [0.4, 0.5) is 4.79 Å². The summed E-state index contributed by atoms with van der Waals surface area (Å²) in [6, 6.07) is -10.3. The highest BCUT2D eigenvalue weighted by molar-refractivity contribution is 5.94. The van der Waals surface area contributed by atoms with Crippen LogP contribution in [0.25, 0.3) is 0 Å². The molecule has 0 rings (SSSR count). The van der Waals surface area contributed by atoms with Gasteiger partial charge in [-0.25, -0.2) is 4.79 Å². The summed E-state index contributed by atoms with van der Waals surface area (Å²) in [6.45, 7) is 14.9. The molecule has 40 nitrogen and oxygen atoms in total. The van der Waals surface area contributed by atoms with Gasteiger partial charge in [0.1, 0.15) is 158 Å². The van der Waals surface area contributed by atoms with Crippen LogP contribution in [0.1, 0.15) is 173 Å². The van der Waals surface area contributed by atoms with Crippen LogP contribution in [-0.2, 0) is 129 Å². The Hall–Kier alpha value is -9.45. The molecule has 0 bridgehead atoms. The molecule has 0 aliphatic carbocycles. The number of ether oxygens (including phenoxy) is 9. The SMILES string of the molecule is [2H]C(=C)C(CC(C)C)NC(=O)CN(CC(=O)NC(CC(C)C)C([2H])=O)C(=O)COCOCC(COCC(COCOC(=O)N(CC(=O)NC(CC(C)C)C([2H])=O)CC(=O)NC(CC(C)C)C([2H])=O)OCOCC(=O)N(CC(=O)NC(CC(C)C)C([2H])=O)CC(=O)NC(CC(C)C)C([2H])=O)OCOCC(=O)N(CC(=O)NC(CC(C)C)C([2H])=O)CC(=O)NC(CC(C)C)C([2H])=O. The van der Waals surface area contributed by atoms with Gasteiger partial charge >= 0.3 is 6.09 Å². The van der Waals surface area contributed by atoms with E-state index in [4.69, 9.17) is 53.6 Å². The van der Waals surface area contributed by atoms with Crippen molar-refractivity contribution in [1.29, 1.82) is 0 Å². The Morgan fingerprint density at radius 1 is 0.279 bits per heavy atom. The fourth-order valence-electron chi connectivity index (χ4n) is 11.3. The molecule has 0 saturated heterocycles. The summed E-state index contributed by atoms with van der Waals surface area (Å²) >= 11 is 0. The summed E-state index contributed by atoms with van der Waals surface area (Å²) in [5, 5.41) is 19.2. The Morgan fingerprint density at radius 3 is 0.697 bits per heavy atom. The summed E-state index contributed by atoms with van der Waals surface area (Å²) < 4.78 is 114. The van der Waals surface area contributed by atoms with E-state index < -0.39 is 301 Å². The third-order valence-electron chi connectivity index (χ3n) is 16.7. The molecule has 0 heterocycles. The minimum absolute atomic E-state index is 0.000484. The minimum atomic E-state index is -1.44. The molecule has 0 aromatic rings. The Labute approximate surface area is 727 Å². The van der Waals surface area contributed by atoms with Crippen molar-refractivity contribution in [3.05, 3.63) is 12.6 Å². The molecule has 0 aliphatic rings. The van der Waals surface area contributed by atoms with Crippen molar-refractivity contribution in [1.82, 2.24) is 62.1 Å². The predicted molar refractivity (Wildman–Crippen MR) is 441 cm³/mol. The lowest BCUT2D eigenvalue weighted by Gasteiger charge is -2.25. The molecule has 0 aliphatic heterocycles. The van der Waals surface area contributed by atoms with Gasteiger partial charge in [0.2, 0.25) is 65.0 Å². The van der Waals surface area contributed by atoms with Crippen molar-refractivity contribution >= 4 is 115 Å². The second-order valence-electron chi connectivity index (χ2n) is 32.4. The van der Waals surface area contributed by atoms with Crippen molar-refractivity contribution in [2.45, 2.75) is 223 Å². The van der Waals surface area contributed by atoms with Crippen LogP contribution in [0, 0.1) is 47.3 Å². The summed E-state index contributed by atoms with van der Waals surface area (Å²) in [7, 11) is 0. The van der Waals surface area contributed by atoms with Gasteiger partial charge in [0.05, 0.1) is 70.1 Å². The number of rotatable bonds is 72. The topological polar surface area (TPSA) is 517 Å². The Kier molecular flexibility index (Phi) is 52.4. The normalized spacial score (nSPS) is 14.8. The molecule has 0 spiro atoms. The minimum Gasteiger partial charge on any atom is -0.422 e. The zero-order chi connectivity index (χ0) is 99.4. The first kappa shape index (κ1) is 98.0. The monoisotopic (exact) mass is 1750 g/mol. The van der Waals surface area contributed by atoms with Crippen molar-refractivity contribution in [3.8, 4) is 0 Å². The van der Waals surface area contributed by atoms with Gasteiger partial charge in [0.15, 0.2) is 6.79 Å². The second-order valence-corrected chi connectivity index (χ2v) is 32.4. The first-order valence-electron chi connectivity index (χ1n) is 44.6. The summed E-state index contributed by atoms with van der Waals surface area (Å²) in [5.41, 5.74) is 0. The van der Waals surface area contributed by atoms with E-state index in [-0.39, 0.29) is 105 Å². The molecule has 122 heavy (non-hydrogen) atoms. The number of nitrogens with zero attached hydrogens (tertiary/aromatic N) is 4. The van der Waals surface area contributed by atoms with E-state index >= 15 is 0 Å². The third kappa shape index (κ3) is 56.3. The van der Waals surface area contributed by atoms with E-state index in [0.717, 1.165) is 4.90 Å². The quantitative estimate of drug-likeness (QED) is 0.0177. The van der Waals surface area contributed by atoms with E-state index in [2.05, 4.69) is 49.1 Å². The fraction of sp³-hybridized carbons (Fsp3) is 0.744. The molecule has 0 aromatic carbocycles. The largest absolute Gasteiger partial charge is 0.422 e. The van der Waals surface area contributed by atoms with E-state index in [1.165, 1.54) is 0 Å². The first-order chi connectivity index (χ1) is 60.6. The average Bonchev–Trinajstić information content (AvgIpc) is 0.893. The van der Waals surface area contributed by atoms with Crippen molar-refractivity contribution in [2.24, 2.45) is 47.3 Å². The van der Waals surface area contributed by atoms with Gasteiger partial charge in [-0.3, -0.25) is 57.6 Å². The Balaban J connectivity index is 8.04. The van der Waals surface area contributed by atoms with Gasteiger partial charge < -0.3 is 133 Å². The molecule has 0 radical (unpaired) electrons. The lowest BCUT2D eigenvalue weighted by molar-refractivity contribution is -0.174. The molecule has 0 aromatic heterocycles. The molecule has 694 valence electrons. The Bertz CT molecular complexity index is 3410. The number of amides is 12. The zero-order valence-corrected chi connectivity index (χ0v) is 73.4. The molecule has 40 heteroatoms. The number of nitrogens with one attached hydrogen (secondary N) is 8. The van der Waals surface area contributed by atoms with Gasteiger partial charge in [-0.1, -0.05) is 117 Å². The van der Waals surface area contributed by atoms with Gasteiger partial charge in [-0.15, -0.1) is 6.58 Å². The Morgan fingerprint density at radius 2 is 0.475 bits per heavy atom. The van der Waals surface area contributed by atoms with Gasteiger partial charge in [0.25, 0.3) is 0 Å². The summed E-state index contributed by atoms with van der Waals surface area (Å²) in [5.74, 6) is -12.4. The number of hydrogen-bond acceptors (Lipinski definition) is 28. The molecule has 0 saturated carbocycles. The van der Waals surface area contributed by atoms with Gasteiger partial charge in [0, 0.05) is 6.04 Å². The molecule has 10 unspecified atom stereocenters. The van der Waals surface area contributed by atoms with Crippen LogP contribution >= 0.6 is 0 Å². The average molecular weight is 1750 g/mol. The maximum absolute atomic E-state index is 14.0. The van der Waals surface area contributed by atoms with Crippen LogP contribution in [0.2, 0.25) is 0 Å². The maximum atomic E-state index is 14.0. The van der Waals surface area contributed by atoms with E-state index in [1.54, 1.807) is 96.9 Å². The lowest BCUT2D eigenvalue weighted by Crippen LogP contribution is -2.50. The number of carbonyl (C=O) groups is 19. The highest BCUT2D eigenvalue weighted by Gasteiger charge is 2.31. The van der Waals surface area contributed by atoms with Crippen LogP contribution in [-0.4, -0.2) is 321 Å². The van der Waals surface area contributed by atoms with Gasteiger partial charge in [-0.05, 0) is 98.7 Å². The van der Waals surface area contributed by atoms with Crippen molar-refractivity contribution < 1.29 is 145 Å². The molecule has 8 N–H and O–H groups in total. The summed E-state index contributed by atoms with van der Waals surface area (Å²) in [6.07, 6.45) is -12.0. The molecular weight excluding hydrogens is 1600 g/mol. The van der Waals surface area contributed by atoms with Crippen LogP contribution in [0.5, 0.6) is 0 Å². The lowest BCUT2D eigenvalue weighted by atomic mass is 10.0. The molecular formula is C82H138N12O28. The van der Waals surface area contributed by atoms with E-state index in [0.29, 0.717) is 14.7 Å². The van der Waals surface area contributed by atoms with Crippen molar-refractivity contribution in [2.75, 3.05) is 126 Å². The summed E-state index contributed by atoms with van der Waals surface area (Å²) in [4.78, 5) is 252. The number of aldehydes is 7. The zero-order valence-electron chi connectivity index (χ0n) is 81.4. The first-order valence-corrected chi connectivity index (χ1v) is 40.6. The highest BCUT2D eigenvalue weighted by Crippen LogP contribution is 2.13. The molecule has 12 amide bonds. The number of hydrogen-bond donors (Lipinski definition) is 8. The fourth-order valence-corrected chi connectivity index (χ4v) is 11.3. The van der Waals surface area contributed by atoms with Crippen LogP contribution < -0.4 is 42.5 Å². The van der Waals surface area contributed by atoms with Crippen molar-refractivity contribution in [3.63, 3.8) is 0 Å². The number of carbonyl (C=O) groups excluding carboxylic acids is 19. The van der Waals surface area contributed by atoms with Crippen LogP contribution in [0.3, 0.4) is 0 Å². The highest BCUT2D eigenvalue weighted by atomic mass is 16.7. The predicted octanol–water partition coefficient (Wildman–Crippen LogP) is 0.436. The smallest absolute Gasteiger partial charge is 0.412 e. The van der Waals surface area contributed by atoms with E-state index in [9.17, 15) is 91.1 Å². The third-order valence-corrected chi connectivity index (χ3v) is 16.7. The van der Waals surface area contributed by atoms with Crippen LogP contribution in [0.15, 0.2) is 12.6 Å². The second kappa shape index (κ2) is 65.2. The maximum Gasteiger partial charge on any atom is 0.412 e.